The fourth-order valence-electron chi connectivity index (χ4n) is 1.27. The molecule has 62 valence electrons. The summed E-state index contributed by atoms with van der Waals surface area (Å²) < 4.78 is 0. The highest BCUT2D eigenvalue weighted by Crippen LogP contribution is 2.11. The summed E-state index contributed by atoms with van der Waals surface area (Å²) in [6.45, 7) is 4.34. The number of hydrogen-bond donors (Lipinski definition) is 1. The molecule has 2 N–H and O–H groups in total. The maximum Gasteiger partial charge on any atom is 0.224 e. The molecule has 1 rings (SSSR count). The van der Waals surface area contributed by atoms with Crippen molar-refractivity contribution in [3.63, 3.8) is 0 Å². The van der Waals surface area contributed by atoms with Crippen LogP contribution in [0.15, 0.2) is 12.7 Å². The van der Waals surface area contributed by atoms with E-state index in [1.54, 1.807) is 11.0 Å². The van der Waals surface area contributed by atoms with Gasteiger partial charge < -0.3 is 10.6 Å². The van der Waals surface area contributed by atoms with Crippen LogP contribution in [0.4, 0.5) is 0 Å². The van der Waals surface area contributed by atoms with Crippen molar-refractivity contribution in [1.82, 2.24) is 4.90 Å². The maximum atomic E-state index is 11.2. The molecule has 0 aromatic rings. The van der Waals surface area contributed by atoms with E-state index in [0.717, 1.165) is 19.4 Å². The Hall–Kier alpha value is -0.830. The SMILES string of the molecule is C=CC(N)N1CCCCC1=O. The zero-order valence-electron chi connectivity index (χ0n) is 6.62. The van der Waals surface area contributed by atoms with E-state index >= 15 is 0 Å². The molecule has 1 aliphatic rings. The van der Waals surface area contributed by atoms with Gasteiger partial charge in [-0.2, -0.15) is 0 Å². The highest BCUT2D eigenvalue weighted by molar-refractivity contribution is 5.77. The zero-order chi connectivity index (χ0) is 8.27. The van der Waals surface area contributed by atoms with Crippen LogP contribution < -0.4 is 5.73 Å². The molecule has 0 aromatic heterocycles. The van der Waals surface area contributed by atoms with Gasteiger partial charge in [0.1, 0.15) is 0 Å². The van der Waals surface area contributed by atoms with Crippen molar-refractivity contribution in [2.24, 2.45) is 5.73 Å². The molecule has 1 aliphatic heterocycles. The third-order valence-electron chi connectivity index (χ3n) is 1.96. The summed E-state index contributed by atoms with van der Waals surface area (Å²) in [5, 5.41) is 0. The Bertz CT molecular complexity index is 167. The summed E-state index contributed by atoms with van der Waals surface area (Å²) in [4.78, 5) is 12.9. The Balaban J connectivity index is 2.53. The van der Waals surface area contributed by atoms with Crippen LogP contribution in [0.5, 0.6) is 0 Å². The van der Waals surface area contributed by atoms with Crippen molar-refractivity contribution >= 4 is 5.91 Å². The molecule has 11 heavy (non-hydrogen) atoms. The molecule has 3 heteroatoms. The Labute approximate surface area is 66.9 Å². The molecule has 1 atom stereocenters. The second-order valence-corrected chi connectivity index (χ2v) is 2.77. The molecule has 0 aromatic carbocycles. The second kappa shape index (κ2) is 3.53. The monoisotopic (exact) mass is 154 g/mol. The van der Waals surface area contributed by atoms with Crippen molar-refractivity contribution < 1.29 is 4.79 Å². The number of nitrogens with two attached hydrogens (primary N) is 1. The summed E-state index contributed by atoms with van der Waals surface area (Å²) >= 11 is 0. The van der Waals surface area contributed by atoms with E-state index in [-0.39, 0.29) is 12.1 Å². The summed E-state index contributed by atoms with van der Waals surface area (Å²) in [7, 11) is 0. The number of carbonyl (C=O) groups is 1. The lowest BCUT2D eigenvalue weighted by atomic mass is 10.1. The molecule has 3 nitrogen and oxygen atoms in total. The summed E-state index contributed by atoms with van der Waals surface area (Å²) in [6, 6.07) is 0. The minimum absolute atomic E-state index is 0.156. The summed E-state index contributed by atoms with van der Waals surface area (Å²) in [6.07, 6.45) is 4.01. The second-order valence-electron chi connectivity index (χ2n) is 2.77. The number of nitrogens with zero attached hydrogens (tertiary/aromatic N) is 1. The first-order chi connectivity index (χ1) is 5.25. The van der Waals surface area contributed by atoms with Crippen molar-refractivity contribution in [2.75, 3.05) is 6.54 Å². The molecule has 1 amide bonds. The van der Waals surface area contributed by atoms with E-state index in [9.17, 15) is 4.79 Å². The van der Waals surface area contributed by atoms with E-state index in [2.05, 4.69) is 6.58 Å². The highest BCUT2D eigenvalue weighted by atomic mass is 16.2. The van der Waals surface area contributed by atoms with Crippen LogP contribution in [-0.4, -0.2) is 23.5 Å². The van der Waals surface area contributed by atoms with Crippen molar-refractivity contribution in [2.45, 2.75) is 25.4 Å². The lowest BCUT2D eigenvalue weighted by Gasteiger charge is -2.30. The molecule has 1 fully saturated rings. The first-order valence-electron chi connectivity index (χ1n) is 3.93. The fourth-order valence-corrected chi connectivity index (χ4v) is 1.27. The standard InChI is InChI=1S/C8H14N2O/c1-2-7(9)10-6-4-3-5-8(10)11/h2,7H,1,3-6,9H2. The van der Waals surface area contributed by atoms with Gasteiger partial charge in [-0.3, -0.25) is 4.79 Å². The van der Waals surface area contributed by atoms with E-state index in [1.807, 2.05) is 0 Å². The van der Waals surface area contributed by atoms with Gasteiger partial charge in [-0.05, 0) is 12.8 Å². The number of carbonyl (C=O) groups excluding carboxylic acids is 1. The van der Waals surface area contributed by atoms with Gasteiger partial charge >= 0.3 is 0 Å². The van der Waals surface area contributed by atoms with Crippen LogP contribution in [0.3, 0.4) is 0 Å². The van der Waals surface area contributed by atoms with Gasteiger partial charge in [0.2, 0.25) is 5.91 Å². The molecule has 1 heterocycles. The van der Waals surface area contributed by atoms with Crippen molar-refractivity contribution in [1.29, 1.82) is 0 Å². The lowest BCUT2D eigenvalue weighted by Crippen LogP contribution is -2.46. The van der Waals surface area contributed by atoms with Crippen LogP contribution in [0.25, 0.3) is 0 Å². The van der Waals surface area contributed by atoms with Crippen LogP contribution in [0.1, 0.15) is 19.3 Å². The van der Waals surface area contributed by atoms with Crippen LogP contribution in [-0.2, 0) is 4.79 Å². The Morgan fingerprint density at radius 3 is 2.91 bits per heavy atom. The van der Waals surface area contributed by atoms with Crippen molar-refractivity contribution in [3.8, 4) is 0 Å². The average Bonchev–Trinajstić information content (AvgIpc) is 2.04. The Kier molecular flexibility index (Phi) is 2.65. The van der Waals surface area contributed by atoms with Crippen LogP contribution in [0, 0.1) is 0 Å². The predicted molar refractivity (Wildman–Crippen MR) is 43.7 cm³/mol. The Morgan fingerprint density at radius 2 is 2.36 bits per heavy atom. The minimum atomic E-state index is -0.289. The number of amides is 1. The quantitative estimate of drug-likeness (QED) is 0.588. The Morgan fingerprint density at radius 1 is 1.64 bits per heavy atom. The first-order valence-corrected chi connectivity index (χ1v) is 3.93. The van der Waals surface area contributed by atoms with Gasteiger partial charge in [-0.25, -0.2) is 0 Å². The minimum Gasteiger partial charge on any atom is -0.324 e. The van der Waals surface area contributed by atoms with Gasteiger partial charge in [0.05, 0.1) is 6.17 Å². The predicted octanol–water partition coefficient (Wildman–Crippen LogP) is 0.470. The largest absolute Gasteiger partial charge is 0.324 e. The smallest absolute Gasteiger partial charge is 0.224 e. The molecule has 0 spiro atoms. The normalized spacial score (nSPS) is 21.5. The highest BCUT2D eigenvalue weighted by Gasteiger charge is 2.20. The van der Waals surface area contributed by atoms with E-state index < -0.39 is 0 Å². The van der Waals surface area contributed by atoms with Crippen molar-refractivity contribution in [3.05, 3.63) is 12.7 Å². The van der Waals surface area contributed by atoms with Gasteiger partial charge in [-0.1, -0.05) is 12.7 Å². The lowest BCUT2D eigenvalue weighted by molar-refractivity contribution is -0.134. The molecule has 1 saturated heterocycles. The maximum absolute atomic E-state index is 11.2. The third-order valence-corrected chi connectivity index (χ3v) is 1.96. The molecule has 0 saturated carbocycles. The number of piperidine rings is 1. The molecule has 0 bridgehead atoms. The topological polar surface area (TPSA) is 46.3 Å². The molecular formula is C8H14N2O. The van der Waals surface area contributed by atoms with Crippen LogP contribution in [0.2, 0.25) is 0 Å². The van der Waals surface area contributed by atoms with Crippen LogP contribution >= 0.6 is 0 Å². The average molecular weight is 154 g/mol. The summed E-state index contributed by atoms with van der Waals surface area (Å²) in [5.74, 6) is 0.156. The first kappa shape index (κ1) is 8.27. The van der Waals surface area contributed by atoms with Gasteiger partial charge in [0.25, 0.3) is 0 Å². The number of hydrogen-bond acceptors (Lipinski definition) is 2. The van der Waals surface area contributed by atoms with Gasteiger partial charge in [-0.15, -0.1) is 0 Å². The molecule has 1 unspecified atom stereocenters. The van der Waals surface area contributed by atoms with E-state index in [1.165, 1.54) is 0 Å². The van der Waals surface area contributed by atoms with E-state index in [0.29, 0.717) is 6.42 Å². The summed E-state index contributed by atoms with van der Waals surface area (Å²) in [5.41, 5.74) is 5.63. The molecule has 0 radical (unpaired) electrons. The molecular weight excluding hydrogens is 140 g/mol. The van der Waals surface area contributed by atoms with E-state index in [4.69, 9.17) is 5.73 Å². The fraction of sp³-hybridized carbons (Fsp3) is 0.625. The molecule has 0 aliphatic carbocycles. The third kappa shape index (κ3) is 1.80. The number of likely N-dealkylation sites (tertiary alicyclic amines) is 1. The van der Waals surface area contributed by atoms with Gasteiger partial charge in [0, 0.05) is 13.0 Å². The number of rotatable bonds is 2. The zero-order valence-corrected chi connectivity index (χ0v) is 6.62. The van der Waals surface area contributed by atoms with Gasteiger partial charge in [0.15, 0.2) is 0 Å².